The van der Waals surface area contributed by atoms with Crippen LogP contribution in [0.2, 0.25) is 0 Å². The van der Waals surface area contributed by atoms with Crippen molar-refractivity contribution in [2.45, 2.75) is 39.2 Å². The predicted molar refractivity (Wildman–Crippen MR) is 133 cm³/mol. The lowest BCUT2D eigenvalue weighted by molar-refractivity contribution is -0.134. The summed E-state index contributed by atoms with van der Waals surface area (Å²) in [6.07, 6.45) is 7.74. The summed E-state index contributed by atoms with van der Waals surface area (Å²) in [5.74, 6) is 1.12. The van der Waals surface area contributed by atoms with Crippen LogP contribution in [0.3, 0.4) is 0 Å². The highest BCUT2D eigenvalue weighted by Crippen LogP contribution is 2.25. The van der Waals surface area contributed by atoms with Crippen LogP contribution in [0.15, 0.2) is 36.7 Å². The molecule has 1 aromatic carbocycles. The lowest BCUT2D eigenvalue weighted by Crippen LogP contribution is -2.55. The molecule has 0 bridgehead atoms. The van der Waals surface area contributed by atoms with E-state index in [1.807, 2.05) is 24.3 Å². The quantitative estimate of drug-likeness (QED) is 0.586. The second kappa shape index (κ2) is 11.1. The fraction of sp³-hybridized carbons (Fsp3) is 0.577. The zero-order valence-corrected chi connectivity index (χ0v) is 20.4. The molecule has 0 radical (unpaired) electrons. The van der Waals surface area contributed by atoms with E-state index >= 15 is 0 Å². The number of hydrogen-bond donors (Lipinski definition) is 0. The Morgan fingerprint density at radius 2 is 1.76 bits per heavy atom. The van der Waals surface area contributed by atoms with E-state index in [4.69, 9.17) is 0 Å². The highest BCUT2D eigenvalue weighted by Gasteiger charge is 2.29. The molecular weight excluding hydrogens is 412 g/mol. The number of aryl methyl sites for hydroxylation is 1. The molecule has 1 aliphatic heterocycles. The Kier molecular flexibility index (Phi) is 7.93. The fourth-order valence-electron chi connectivity index (χ4n) is 4.58. The summed E-state index contributed by atoms with van der Waals surface area (Å²) in [5.41, 5.74) is 3.20. The average Bonchev–Trinajstić information content (AvgIpc) is 2.80. The second-order valence-electron chi connectivity index (χ2n) is 9.44. The number of piperazine rings is 1. The van der Waals surface area contributed by atoms with Crippen LogP contribution in [0.5, 0.6) is 0 Å². The predicted octanol–water partition coefficient (Wildman–Crippen LogP) is 2.91. The maximum Gasteiger partial charge on any atom is 0.236 e. The number of carbonyl (C=O) groups is 1. The first-order chi connectivity index (χ1) is 16.0. The van der Waals surface area contributed by atoms with Crippen LogP contribution in [0.1, 0.15) is 31.7 Å². The van der Waals surface area contributed by atoms with Gasteiger partial charge >= 0.3 is 0 Å². The molecule has 0 unspecified atom stereocenters. The molecule has 0 N–H and O–H groups in total. The molecule has 1 saturated carbocycles. The number of carbonyl (C=O) groups excluding carboxylic acids is 1. The molecule has 1 saturated heterocycles. The molecule has 2 aliphatic rings. The van der Waals surface area contributed by atoms with Gasteiger partial charge in [-0.25, -0.2) is 4.98 Å². The number of nitrogens with zero attached hydrogens (tertiary/aromatic N) is 6. The molecule has 178 valence electrons. The van der Waals surface area contributed by atoms with Gasteiger partial charge in [0.2, 0.25) is 5.91 Å². The molecule has 1 aromatic heterocycles. The molecule has 33 heavy (non-hydrogen) atoms. The highest BCUT2D eigenvalue weighted by molar-refractivity contribution is 5.78. The Labute approximate surface area is 198 Å². The van der Waals surface area contributed by atoms with E-state index in [0.717, 1.165) is 68.9 Å². The molecule has 1 aliphatic carbocycles. The summed E-state index contributed by atoms with van der Waals surface area (Å²) in [4.78, 5) is 31.0. The number of hydrogen-bond acceptors (Lipinski definition) is 6. The zero-order chi connectivity index (χ0) is 23.2. The smallest absolute Gasteiger partial charge is 0.236 e. The molecule has 2 aromatic rings. The van der Waals surface area contributed by atoms with Crippen molar-refractivity contribution in [2.75, 3.05) is 64.3 Å². The third kappa shape index (κ3) is 6.09. The van der Waals surface area contributed by atoms with Crippen LogP contribution in [0.25, 0.3) is 11.3 Å². The summed E-state index contributed by atoms with van der Waals surface area (Å²) in [6.45, 7) is 10.9. The first kappa shape index (κ1) is 23.6. The van der Waals surface area contributed by atoms with E-state index in [9.17, 15) is 4.79 Å². The summed E-state index contributed by atoms with van der Waals surface area (Å²) >= 11 is 0. The fourth-order valence-corrected chi connectivity index (χ4v) is 4.58. The Bertz CT molecular complexity index is 888. The molecule has 7 nitrogen and oxygen atoms in total. The minimum atomic E-state index is 0.246. The van der Waals surface area contributed by atoms with Crippen LogP contribution >= 0.6 is 0 Å². The molecule has 0 atom stereocenters. The van der Waals surface area contributed by atoms with Gasteiger partial charge in [0.1, 0.15) is 5.82 Å². The highest BCUT2D eigenvalue weighted by atomic mass is 16.2. The van der Waals surface area contributed by atoms with Crippen molar-refractivity contribution in [3.63, 3.8) is 0 Å². The van der Waals surface area contributed by atoms with Crippen molar-refractivity contribution in [2.24, 2.45) is 0 Å². The summed E-state index contributed by atoms with van der Waals surface area (Å²) < 4.78 is 0. The minimum Gasteiger partial charge on any atom is -0.354 e. The van der Waals surface area contributed by atoms with Crippen LogP contribution in [-0.4, -0.2) is 96.0 Å². The lowest BCUT2D eigenvalue weighted by atomic mass is 9.91. The Morgan fingerprint density at radius 1 is 1.03 bits per heavy atom. The summed E-state index contributed by atoms with van der Waals surface area (Å²) in [7, 11) is 2.03. The van der Waals surface area contributed by atoms with Gasteiger partial charge in [-0.3, -0.25) is 19.6 Å². The van der Waals surface area contributed by atoms with Gasteiger partial charge in [-0.15, -0.1) is 0 Å². The van der Waals surface area contributed by atoms with E-state index in [2.05, 4.69) is 62.8 Å². The van der Waals surface area contributed by atoms with E-state index in [1.165, 1.54) is 24.8 Å². The van der Waals surface area contributed by atoms with Gasteiger partial charge in [0.15, 0.2) is 0 Å². The normalized spacial score (nSPS) is 17.3. The van der Waals surface area contributed by atoms with Crippen molar-refractivity contribution < 1.29 is 4.79 Å². The Hall–Kier alpha value is -2.51. The molecule has 7 heteroatoms. The van der Waals surface area contributed by atoms with Gasteiger partial charge < -0.3 is 9.80 Å². The number of anilines is 1. The van der Waals surface area contributed by atoms with Crippen molar-refractivity contribution >= 4 is 11.7 Å². The van der Waals surface area contributed by atoms with Crippen molar-refractivity contribution in [3.05, 3.63) is 42.2 Å². The van der Waals surface area contributed by atoms with Gasteiger partial charge in [0, 0.05) is 57.4 Å². The van der Waals surface area contributed by atoms with Crippen molar-refractivity contribution in [1.29, 1.82) is 0 Å². The number of amides is 1. The monoisotopic (exact) mass is 450 g/mol. The maximum absolute atomic E-state index is 12.8. The van der Waals surface area contributed by atoms with Gasteiger partial charge in [-0.2, -0.15) is 0 Å². The van der Waals surface area contributed by atoms with E-state index < -0.39 is 0 Å². The molecule has 1 amide bonds. The molecule has 2 heterocycles. The van der Waals surface area contributed by atoms with E-state index in [1.54, 1.807) is 0 Å². The van der Waals surface area contributed by atoms with E-state index in [-0.39, 0.29) is 5.91 Å². The largest absolute Gasteiger partial charge is 0.354 e. The topological polar surface area (TPSA) is 55.8 Å². The van der Waals surface area contributed by atoms with Crippen molar-refractivity contribution in [3.8, 4) is 11.3 Å². The minimum absolute atomic E-state index is 0.246. The molecular formula is C26H38N6O. The number of aromatic nitrogens is 2. The van der Waals surface area contributed by atoms with Gasteiger partial charge in [0.25, 0.3) is 0 Å². The van der Waals surface area contributed by atoms with Crippen LogP contribution in [0, 0.1) is 6.92 Å². The SMILES string of the molecule is CCN(CCN(C)CC(=O)N1CCN(C2CCC2)CC1)c1cnc(-c2ccc(C)cc2)cn1. The van der Waals surface area contributed by atoms with Crippen LogP contribution in [-0.2, 0) is 4.79 Å². The Balaban J connectivity index is 1.23. The second-order valence-corrected chi connectivity index (χ2v) is 9.44. The van der Waals surface area contributed by atoms with E-state index in [0.29, 0.717) is 6.54 Å². The third-order valence-corrected chi connectivity index (χ3v) is 7.11. The van der Waals surface area contributed by atoms with Crippen molar-refractivity contribution in [1.82, 2.24) is 24.7 Å². The maximum atomic E-state index is 12.8. The summed E-state index contributed by atoms with van der Waals surface area (Å²) in [5, 5.41) is 0. The average molecular weight is 451 g/mol. The standard InChI is InChI=1S/C26H38N6O/c1-4-30(25-19-27-24(18-28-25)22-10-8-21(2)9-11-22)13-12-29(3)20-26(33)32-16-14-31(15-17-32)23-6-5-7-23/h8-11,18-19,23H,4-7,12-17,20H2,1-3H3. The first-order valence-electron chi connectivity index (χ1n) is 12.4. The summed E-state index contributed by atoms with van der Waals surface area (Å²) in [6, 6.07) is 9.12. The molecule has 0 spiro atoms. The molecule has 4 rings (SSSR count). The number of likely N-dealkylation sites (N-methyl/N-ethyl adjacent to an activating group) is 2. The number of benzene rings is 1. The van der Waals surface area contributed by atoms with Gasteiger partial charge in [-0.1, -0.05) is 36.2 Å². The Morgan fingerprint density at radius 3 is 2.33 bits per heavy atom. The first-order valence-corrected chi connectivity index (χ1v) is 12.4. The molecule has 2 fully saturated rings. The zero-order valence-electron chi connectivity index (χ0n) is 20.4. The third-order valence-electron chi connectivity index (χ3n) is 7.11. The van der Waals surface area contributed by atoms with Crippen LogP contribution < -0.4 is 4.90 Å². The lowest BCUT2D eigenvalue weighted by Gasteiger charge is -2.43. The number of rotatable bonds is 9. The van der Waals surface area contributed by atoms with Gasteiger partial charge in [-0.05, 0) is 33.7 Å². The van der Waals surface area contributed by atoms with Gasteiger partial charge in [0.05, 0.1) is 24.6 Å². The van der Waals surface area contributed by atoms with Crippen LogP contribution in [0.4, 0.5) is 5.82 Å².